The Bertz CT molecular complexity index is 2130. The summed E-state index contributed by atoms with van der Waals surface area (Å²) < 4.78 is 16.7. The highest BCUT2D eigenvalue weighted by Crippen LogP contribution is 2.47. The maximum absolute atomic E-state index is 14.3. The molecule has 0 radical (unpaired) electrons. The molecule has 0 saturated carbocycles. The Hall–Kier alpha value is -4.28. The first-order valence-electron chi connectivity index (χ1n) is 11.6. The van der Waals surface area contributed by atoms with Crippen molar-refractivity contribution < 1.29 is 4.39 Å². The van der Waals surface area contributed by atoms with Crippen LogP contribution < -0.4 is 0 Å². The van der Waals surface area contributed by atoms with Crippen LogP contribution in [-0.2, 0) is 0 Å². The molecule has 8 rings (SSSR count). The third-order valence-electron chi connectivity index (χ3n) is 7.13. The van der Waals surface area contributed by atoms with Crippen molar-refractivity contribution >= 4 is 74.9 Å². The summed E-state index contributed by atoms with van der Waals surface area (Å²) in [5.74, 6) is -0.214. The molecule has 3 aromatic heterocycles. The molecular weight excluding hydrogens is 451 g/mol. The lowest BCUT2D eigenvalue weighted by Crippen LogP contribution is -1.83. The normalized spacial score (nSPS) is 12.1. The number of pyridine rings is 1. The minimum atomic E-state index is -0.214. The van der Waals surface area contributed by atoms with E-state index in [0.29, 0.717) is 0 Å². The Morgan fingerprint density at radius 3 is 2.57 bits per heavy atom. The quantitative estimate of drug-likeness (QED) is 0.256. The largest absolute Gasteiger partial charge is 0.354 e. The number of hydrogen-bond donors (Lipinski definition) is 1. The van der Waals surface area contributed by atoms with Crippen LogP contribution in [0.25, 0.3) is 74.6 Å². The molecule has 0 amide bonds. The van der Waals surface area contributed by atoms with E-state index in [2.05, 4.69) is 76.7 Å². The van der Waals surface area contributed by atoms with Gasteiger partial charge < -0.3 is 4.98 Å². The Labute approximate surface area is 203 Å². The second-order valence-corrected chi connectivity index (χ2v) is 10.1. The molecule has 2 nitrogen and oxygen atoms in total. The minimum absolute atomic E-state index is 0.214. The number of thiophene rings is 1. The van der Waals surface area contributed by atoms with E-state index in [4.69, 9.17) is 0 Å². The van der Waals surface area contributed by atoms with Gasteiger partial charge in [-0.2, -0.15) is 0 Å². The number of aromatic amines is 1. The summed E-state index contributed by atoms with van der Waals surface area (Å²) in [4.78, 5) is 7.87. The zero-order chi connectivity index (χ0) is 23.1. The first-order valence-corrected chi connectivity index (χ1v) is 12.4. The van der Waals surface area contributed by atoms with Crippen LogP contribution in [0.2, 0.25) is 0 Å². The lowest BCUT2D eigenvalue weighted by molar-refractivity contribution is 0.630. The number of aromatic nitrogens is 2. The lowest BCUT2D eigenvalue weighted by Gasteiger charge is -2.08. The molecule has 8 aromatic rings. The Balaban J connectivity index is 1.56. The van der Waals surface area contributed by atoms with Gasteiger partial charge in [-0.3, -0.25) is 4.98 Å². The first-order chi connectivity index (χ1) is 17.3. The van der Waals surface area contributed by atoms with E-state index in [1.807, 2.05) is 18.5 Å². The van der Waals surface area contributed by atoms with Crippen LogP contribution in [0.3, 0.4) is 0 Å². The first kappa shape index (κ1) is 19.1. The van der Waals surface area contributed by atoms with Gasteiger partial charge in [0.15, 0.2) is 0 Å². The van der Waals surface area contributed by atoms with Gasteiger partial charge in [-0.05, 0) is 58.3 Å². The third-order valence-corrected chi connectivity index (χ3v) is 8.32. The number of halogens is 1. The lowest BCUT2D eigenvalue weighted by atomic mass is 9.96. The Morgan fingerprint density at radius 1 is 0.714 bits per heavy atom. The summed E-state index contributed by atoms with van der Waals surface area (Å²) in [5.41, 5.74) is 4.41. The van der Waals surface area contributed by atoms with Crippen molar-refractivity contribution in [2.24, 2.45) is 0 Å². The van der Waals surface area contributed by atoms with Crippen molar-refractivity contribution in [1.29, 1.82) is 0 Å². The summed E-state index contributed by atoms with van der Waals surface area (Å²) in [7, 11) is 0. The molecule has 0 aliphatic heterocycles. The van der Waals surface area contributed by atoms with Crippen LogP contribution in [0, 0.1) is 5.82 Å². The smallest absolute Gasteiger partial charge is 0.123 e. The molecule has 35 heavy (non-hydrogen) atoms. The fraction of sp³-hybridized carbons (Fsp3) is 0. The SMILES string of the molecule is Fc1ccc2[nH]c3c4ccccc4c4c5cc(-c6cccc7cnccc67)ccc5sc4c3c2c1. The summed E-state index contributed by atoms with van der Waals surface area (Å²) in [5, 5.41) is 9.21. The van der Waals surface area contributed by atoms with E-state index in [1.54, 1.807) is 17.4 Å². The molecule has 0 saturated heterocycles. The van der Waals surface area contributed by atoms with Crippen LogP contribution >= 0.6 is 11.3 Å². The average Bonchev–Trinajstić information content (AvgIpc) is 3.46. The summed E-state index contributed by atoms with van der Waals surface area (Å²) in [6.07, 6.45) is 3.77. The zero-order valence-electron chi connectivity index (χ0n) is 18.5. The van der Waals surface area contributed by atoms with Gasteiger partial charge in [0.25, 0.3) is 0 Å². The number of hydrogen-bond acceptors (Lipinski definition) is 2. The molecule has 0 aliphatic carbocycles. The highest BCUT2D eigenvalue weighted by molar-refractivity contribution is 7.27. The number of H-pyrrole nitrogens is 1. The van der Waals surface area contributed by atoms with E-state index in [-0.39, 0.29) is 5.82 Å². The van der Waals surface area contributed by atoms with Gasteiger partial charge in [-0.1, -0.05) is 48.5 Å². The standard InChI is InChI=1S/C31H17FN2S/c32-19-9-10-26-24(15-19)29-30(34-26)23-6-2-1-5-22(23)28-25-14-17(8-11-27(25)35-31(28)29)20-7-3-4-18-16-33-13-12-21(18)20/h1-16,34H. The number of rotatable bonds is 1. The van der Waals surface area contributed by atoms with E-state index in [0.717, 1.165) is 32.6 Å². The maximum Gasteiger partial charge on any atom is 0.123 e. The molecule has 0 atom stereocenters. The van der Waals surface area contributed by atoms with Crippen molar-refractivity contribution in [3.63, 3.8) is 0 Å². The van der Waals surface area contributed by atoms with Crippen molar-refractivity contribution in [3.05, 3.63) is 103 Å². The maximum atomic E-state index is 14.3. The minimum Gasteiger partial charge on any atom is -0.354 e. The average molecular weight is 469 g/mol. The van der Waals surface area contributed by atoms with Crippen LogP contribution in [0.5, 0.6) is 0 Å². The predicted molar refractivity (Wildman–Crippen MR) is 147 cm³/mol. The van der Waals surface area contributed by atoms with Crippen LogP contribution in [-0.4, -0.2) is 9.97 Å². The number of benzene rings is 5. The van der Waals surface area contributed by atoms with Crippen molar-refractivity contribution in [3.8, 4) is 11.1 Å². The monoisotopic (exact) mass is 468 g/mol. The number of nitrogens with one attached hydrogen (secondary N) is 1. The second kappa shape index (κ2) is 6.87. The molecule has 0 aliphatic rings. The van der Waals surface area contributed by atoms with Gasteiger partial charge in [-0.25, -0.2) is 4.39 Å². The van der Waals surface area contributed by atoms with Crippen molar-refractivity contribution in [2.75, 3.05) is 0 Å². The van der Waals surface area contributed by atoms with Crippen molar-refractivity contribution in [2.45, 2.75) is 0 Å². The van der Waals surface area contributed by atoms with Crippen LogP contribution in [0.15, 0.2) is 97.3 Å². The second-order valence-electron chi connectivity index (χ2n) is 9.03. The van der Waals surface area contributed by atoms with Gasteiger partial charge in [0, 0.05) is 59.6 Å². The van der Waals surface area contributed by atoms with Gasteiger partial charge in [0.1, 0.15) is 5.82 Å². The van der Waals surface area contributed by atoms with E-state index >= 15 is 0 Å². The van der Waals surface area contributed by atoms with Gasteiger partial charge >= 0.3 is 0 Å². The zero-order valence-corrected chi connectivity index (χ0v) is 19.3. The molecule has 0 unspecified atom stereocenters. The molecule has 0 spiro atoms. The van der Waals surface area contributed by atoms with Gasteiger partial charge in [0.05, 0.1) is 5.52 Å². The van der Waals surface area contributed by atoms with Gasteiger partial charge in [0.2, 0.25) is 0 Å². The summed E-state index contributed by atoms with van der Waals surface area (Å²) >= 11 is 1.79. The Morgan fingerprint density at radius 2 is 1.63 bits per heavy atom. The van der Waals surface area contributed by atoms with Gasteiger partial charge in [-0.15, -0.1) is 11.3 Å². The van der Waals surface area contributed by atoms with E-state index in [9.17, 15) is 4.39 Å². The Kier molecular flexibility index (Phi) is 3.75. The molecule has 0 fully saturated rings. The van der Waals surface area contributed by atoms with Crippen molar-refractivity contribution in [1.82, 2.24) is 9.97 Å². The van der Waals surface area contributed by atoms with E-state index in [1.165, 1.54) is 48.1 Å². The highest BCUT2D eigenvalue weighted by atomic mass is 32.1. The molecule has 0 bridgehead atoms. The molecular formula is C31H17FN2S. The summed E-state index contributed by atoms with van der Waals surface area (Å²) in [6, 6.07) is 28.8. The fourth-order valence-electron chi connectivity index (χ4n) is 5.60. The summed E-state index contributed by atoms with van der Waals surface area (Å²) in [6.45, 7) is 0. The molecule has 3 heterocycles. The van der Waals surface area contributed by atoms with E-state index < -0.39 is 0 Å². The number of nitrogens with zero attached hydrogens (tertiary/aromatic N) is 1. The topological polar surface area (TPSA) is 28.7 Å². The molecule has 1 N–H and O–H groups in total. The predicted octanol–water partition coefficient (Wildman–Crippen LogP) is 9.20. The fourth-order valence-corrected chi connectivity index (χ4v) is 6.87. The molecule has 5 aromatic carbocycles. The third kappa shape index (κ3) is 2.60. The van der Waals surface area contributed by atoms with Crippen LogP contribution in [0.4, 0.5) is 4.39 Å². The molecule has 164 valence electrons. The van der Waals surface area contributed by atoms with Crippen LogP contribution in [0.1, 0.15) is 0 Å². The highest BCUT2D eigenvalue weighted by Gasteiger charge is 2.18. The number of fused-ring (bicyclic) bond motifs is 11. The molecule has 4 heteroatoms.